The molecule has 0 bridgehead atoms. The average Bonchev–Trinajstić information content (AvgIpc) is 2.26. The van der Waals surface area contributed by atoms with E-state index in [0.29, 0.717) is 4.47 Å². The zero-order valence-electron chi connectivity index (χ0n) is 9.37. The van der Waals surface area contributed by atoms with Crippen LogP contribution in [0.4, 0.5) is 0 Å². The van der Waals surface area contributed by atoms with E-state index in [9.17, 15) is 18.3 Å². The zero-order valence-corrected chi connectivity index (χ0v) is 11.8. The highest BCUT2D eigenvalue weighted by atomic mass is 79.9. The topological polar surface area (TPSA) is 104 Å². The normalized spacial score (nSPS) is 15.1. The Kier molecular flexibility index (Phi) is 4.85. The maximum Gasteiger partial charge on any atom is 0.324 e. The molecule has 0 aliphatic carbocycles. The summed E-state index contributed by atoms with van der Waals surface area (Å²) in [6.07, 6.45) is -1.34. The molecular weight excluding hydrogens is 326 g/mol. The lowest BCUT2D eigenvalue weighted by molar-refractivity contribution is -0.141. The van der Waals surface area contributed by atoms with Crippen LogP contribution < -0.4 is 4.72 Å². The second-order valence-corrected chi connectivity index (χ2v) is 6.26. The second-order valence-electron chi connectivity index (χ2n) is 3.63. The highest BCUT2D eigenvalue weighted by Gasteiger charge is 2.29. The van der Waals surface area contributed by atoms with E-state index in [4.69, 9.17) is 5.11 Å². The number of benzene rings is 1. The van der Waals surface area contributed by atoms with Crippen molar-refractivity contribution in [2.24, 2.45) is 0 Å². The summed E-state index contributed by atoms with van der Waals surface area (Å²) in [7, 11) is -3.98. The molecule has 0 aliphatic heterocycles. The first-order valence-electron chi connectivity index (χ1n) is 4.93. The van der Waals surface area contributed by atoms with E-state index in [1.165, 1.54) is 31.2 Å². The van der Waals surface area contributed by atoms with Gasteiger partial charge in [0.1, 0.15) is 6.04 Å². The van der Waals surface area contributed by atoms with Gasteiger partial charge in [-0.25, -0.2) is 8.42 Å². The number of hydrogen-bond acceptors (Lipinski definition) is 4. The Balaban J connectivity index is 3.01. The second kappa shape index (κ2) is 5.79. The van der Waals surface area contributed by atoms with E-state index in [-0.39, 0.29) is 4.90 Å². The zero-order chi connectivity index (χ0) is 13.9. The molecule has 6 nitrogen and oxygen atoms in total. The van der Waals surface area contributed by atoms with Crippen LogP contribution in [0.3, 0.4) is 0 Å². The molecule has 0 spiro atoms. The molecule has 1 rings (SSSR count). The van der Waals surface area contributed by atoms with Crippen molar-refractivity contribution in [1.29, 1.82) is 0 Å². The van der Waals surface area contributed by atoms with Gasteiger partial charge in [0.2, 0.25) is 10.0 Å². The van der Waals surface area contributed by atoms with E-state index < -0.39 is 28.1 Å². The summed E-state index contributed by atoms with van der Waals surface area (Å²) in [6, 6.07) is 4.11. The molecule has 100 valence electrons. The van der Waals surface area contributed by atoms with Crippen LogP contribution in [0.1, 0.15) is 6.92 Å². The molecule has 0 heterocycles. The van der Waals surface area contributed by atoms with Crippen molar-refractivity contribution >= 4 is 31.9 Å². The summed E-state index contributed by atoms with van der Waals surface area (Å²) in [5.74, 6) is -1.44. The standard InChI is InChI=1S/C10H12BrNO5S/c1-6(13)9(10(14)15)12-18(16,17)8-4-2-7(11)3-5-8/h2-6,9,12-13H,1H3,(H,14,15)/t6?,9-/m0/s1. The Labute approximate surface area is 113 Å². The van der Waals surface area contributed by atoms with Crippen molar-refractivity contribution in [3.05, 3.63) is 28.7 Å². The van der Waals surface area contributed by atoms with Gasteiger partial charge < -0.3 is 10.2 Å². The number of hydrogen-bond donors (Lipinski definition) is 3. The van der Waals surface area contributed by atoms with E-state index >= 15 is 0 Å². The molecule has 0 saturated heterocycles. The van der Waals surface area contributed by atoms with Crippen molar-refractivity contribution in [2.45, 2.75) is 24.0 Å². The predicted molar refractivity (Wildman–Crippen MR) is 67.6 cm³/mol. The molecular formula is C10H12BrNO5S. The molecule has 0 amide bonds. The third kappa shape index (κ3) is 3.77. The average molecular weight is 338 g/mol. The highest BCUT2D eigenvalue weighted by Crippen LogP contribution is 2.15. The minimum absolute atomic E-state index is 0.0717. The monoisotopic (exact) mass is 337 g/mol. The Bertz CT molecular complexity index is 526. The first-order valence-corrected chi connectivity index (χ1v) is 7.20. The van der Waals surface area contributed by atoms with Crippen molar-refractivity contribution in [3.63, 3.8) is 0 Å². The molecule has 1 aromatic rings. The largest absolute Gasteiger partial charge is 0.480 e. The molecule has 1 aromatic carbocycles. The maximum atomic E-state index is 11.9. The van der Waals surface area contributed by atoms with E-state index in [1.54, 1.807) is 0 Å². The number of nitrogens with one attached hydrogen (secondary N) is 1. The number of sulfonamides is 1. The lowest BCUT2D eigenvalue weighted by Gasteiger charge is -2.17. The quantitative estimate of drug-likeness (QED) is 0.728. The first-order chi connectivity index (χ1) is 8.24. The van der Waals surface area contributed by atoms with Gasteiger partial charge in [-0.3, -0.25) is 4.79 Å². The van der Waals surface area contributed by atoms with Gasteiger partial charge in [-0.05, 0) is 31.2 Å². The SMILES string of the molecule is CC(O)[C@H](NS(=O)(=O)c1ccc(Br)cc1)C(=O)O. The third-order valence-electron chi connectivity index (χ3n) is 2.15. The number of rotatable bonds is 5. The molecule has 8 heteroatoms. The van der Waals surface area contributed by atoms with E-state index in [0.717, 1.165) is 0 Å². The number of halogens is 1. The molecule has 0 aromatic heterocycles. The van der Waals surface area contributed by atoms with Gasteiger partial charge in [0.25, 0.3) is 0 Å². The summed E-state index contributed by atoms with van der Waals surface area (Å²) < 4.78 is 26.4. The number of aliphatic hydroxyl groups is 1. The van der Waals surface area contributed by atoms with Gasteiger partial charge in [0, 0.05) is 4.47 Å². The van der Waals surface area contributed by atoms with Crippen molar-refractivity contribution in [2.75, 3.05) is 0 Å². The lowest BCUT2D eigenvalue weighted by atomic mass is 10.2. The summed E-state index contributed by atoms with van der Waals surface area (Å²) in [5.41, 5.74) is 0. The molecule has 0 fully saturated rings. The van der Waals surface area contributed by atoms with Crippen LogP contribution in [0.2, 0.25) is 0 Å². The molecule has 0 radical (unpaired) electrons. The molecule has 0 aliphatic rings. The summed E-state index contributed by atoms with van der Waals surface area (Å²) >= 11 is 3.16. The van der Waals surface area contributed by atoms with Gasteiger partial charge in [-0.1, -0.05) is 15.9 Å². The molecule has 3 N–H and O–H groups in total. The van der Waals surface area contributed by atoms with Crippen LogP contribution >= 0.6 is 15.9 Å². The number of aliphatic carboxylic acids is 1. The molecule has 1 unspecified atom stereocenters. The van der Waals surface area contributed by atoms with Crippen molar-refractivity contribution in [1.82, 2.24) is 4.72 Å². The van der Waals surface area contributed by atoms with Crippen LogP contribution in [0.25, 0.3) is 0 Å². The van der Waals surface area contributed by atoms with Gasteiger partial charge in [0.05, 0.1) is 11.0 Å². The first kappa shape index (κ1) is 15.1. The van der Waals surface area contributed by atoms with Gasteiger partial charge in [-0.15, -0.1) is 0 Å². The van der Waals surface area contributed by atoms with Crippen LogP contribution in [0.5, 0.6) is 0 Å². The number of aliphatic hydroxyl groups excluding tert-OH is 1. The highest BCUT2D eigenvalue weighted by molar-refractivity contribution is 9.10. The summed E-state index contributed by atoms with van der Waals surface area (Å²) in [4.78, 5) is 10.7. The van der Waals surface area contributed by atoms with Crippen molar-refractivity contribution in [3.8, 4) is 0 Å². The minimum Gasteiger partial charge on any atom is -0.480 e. The fourth-order valence-corrected chi connectivity index (χ4v) is 2.73. The van der Waals surface area contributed by atoms with Crippen molar-refractivity contribution < 1.29 is 23.4 Å². The molecule has 0 saturated carbocycles. The Morgan fingerprint density at radius 1 is 1.33 bits per heavy atom. The maximum absolute atomic E-state index is 11.9. The minimum atomic E-state index is -3.98. The van der Waals surface area contributed by atoms with Gasteiger partial charge in [0.15, 0.2) is 0 Å². The van der Waals surface area contributed by atoms with E-state index in [1.807, 2.05) is 4.72 Å². The van der Waals surface area contributed by atoms with Gasteiger partial charge in [-0.2, -0.15) is 4.72 Å². The Morgan fingerprint density at radius 3 is 2.22 bits per heavy atom. The van der Waals surface area contributed by atoms with Crippen LogP contribution in [-0.4, -0.2) is 36.7 Å². The number of carboxylic acid groups (broad SMARTS) is 1. The number of carbonyl (C=O) groups is 1. The third-order valence-corrected chi connectivity index (χ3v) is 4.14. The van der Waals surface area contributed by atoms with Crippen LogP contribution in [0.15, 0.2) is 33.6 Å². The molecule has 18 heavy (non-hydrogen) atoms. The fourth-order valence-electron chi connectivity index (χ4n) is 1.20. The summed E-state index contributed by atoms with van der Waals surface area (Å²) in [6.45, 7) is 1.20. The van der Waals surface area contributed by atoms with Crippen LogP contribution in [-0.2, 0) is 14.8 Å². The molecule has 2 atom stereocenters. The van der Waals surface area contributed by atoms with E-state index in [2.05, 4.69) is 15.9 Å². The number of carboxylic acids is 1. The predicted octanol–water partition coefficient (Wildman–Crippen LogP) is 0.561. The Hall–Kier alpha value is -0.960. The smallest absolute Gasteiger partial charge is 0.324 e. The van der Waals surface area contributed by atoms with Gasteiger partial charge >= 0.3 is 5.97 Å². The summed E-state index contributed by atoms with van der Waals surface area (Å²) in [5, 5.41) is 18.0. The lowest BCUT2D eigenvalue weighted by Crippen LogP contribution is -2.47. The Morgan fingerprint density at radius 2 is 1.83 bits per heavy atom. The fraction of sp³-hybridized carbons (Fsp3) is 0.300. The van der Waals surface area contributed by atoms with Crippen LogP contribution in [0, 0.1) is 0 Å².